The fourth-order valence-electron chi connectivity index (χ4n) is 1.94. The molecule has 0 spiro atoms. The van der Waals surface area contributed by atoms with Gasteiger partial charge in [-0.25, -0.2) is 0 Å². The Balaban J connectivity index is 2.87. The van der Waals surface area contributed by atoms with Crippen molar-refractivity contribution in [3.05, 3.63) is 29.8 Å². The highest BCUT2D eigenvalue weighted by atomic mass is 32.1. The second-order valence-electron chi connectivity index (χ2n) is 5.55. The molecule has 0 N–H and O–H groups in total. The van der Waals surface area contributed by atoms with Gasteiger partial charge in [0.05, 0.1) is 0 Å². The fourth-order valence-corrected chi connectivity index (χ4v) is 2.17. The van der Waals surface area contributed by atoms with Gasteiger partial charge in [-0.3, -0.25) is 4.79 Å². The molecule has 0 fully saturated rings. The molecule has 0 aliphatic heterocycles. The second kappa shape index (κ2) is 6.83. The van der Waals surface area contributed by atoms with E-state index in [9.17, 15) is 4.79 Å². The van der Waals surface area contributed by atoms with E-state index in [-0.39, 0.29) is 5.91 Å². The Labute approximate surface area is 116 Å². The number of rotatable bonds is 5. The summed E-state index contributed by atoms with van der Waals surface area (Å²) in [7, 11) is 0. The molecule has 3 heteroatoms. The van der Waals surface area contributed by atoms with Crippen LogP contribution in [0.4, 0.5) is 0 Å². The van der Waals surface area contributed by atoms with E-state index in [4.69, 9.17) is 0 Å². The Morgan fingerprint density at radius 3 is 2.17 bits per heavy atom. The highest BCUT2D eigenvalue weighted by Crippen LogP contribution is 2.13. The van der Waals surface area contributed by atoms with Gasteiger partial charge in [-0.2, -0.15) is 0 Å². The molecule has 0 radical (unpaired) electrons. The average molecular weight is 265 g/mol. The molecule has 0 saturated carbocycles. The van der Waals surface area contributed by atoms with Gasteiger partial charge in [-0.15, -0.1) is 12.6 Å². The average Bonchev–Trinajstić information content (AvgIpc) is 2.26. The summed E-state index contributed by atoms with van der Waals surface area (Å²) >= 11 is 4.29. The molecule has 0 unspecified atom stereocenters. The van der Waals surface area contributed by atoms with Crippen LogP contribution in [-0.4, -0.2) is 23.9 Å². The maximum Gasteiger partial charge on any atom is 0.253 e. The van der Waals surface area contributed by atoms with E-state index in [1.807, 2.05) is 29.2 Å². The summed E-state index contributed by atoms with van der Waals surface area (Å²) in [6.07, 6.45) is 0. The Hall–Kier alpha value is -0.960. The van der Waals surface area contributed by atoms with Crippen molar-refractivity contribution in [2.45, 2.75) is 32.6 Å². The summed E-state index contributed by atoms with van der Waals surface area (Å²) in [6.45, 7) is 10.1. The minimum atomic E-state index is 0.105. The highest BCUT2D eigenvalue weighted by Gasteiger charge is 2.17. The van der Waals surface area contributed by atoms with Crippen molar-refractivity contribution in [1.29, 1.82) is 0 Å². The quantitative estimate of drug-likeness (QED) is 0.804. The molecule has 0 saturated heterocycles. The molecule has 0 heterocycles. The summed E-state index contributed by atoms with van der Waals surface area (Å²) in [4.78, 5) is 15.2. The van der Waals surface area contributed by atoms with E-state index < -0.39 is 0 Å². The van der Waals surface area contributed by atoms with Crippen molar-refractivity contribution in [3.8, 4) is 0 Å². The van der Waals surface area contributed by atoms with E-state index in [2.05, 4.69) is 40.3 Å². The summed E-state index contributed by atoms with van der Waals surface area (Å²) < 4.78 is 0. The van der Waals surface area contributed by atoms with Gasteiger partial charge in [0.15, 0.2) is 0 Å². The molecule has 0 atom stereocenters. The van der Waals surface area contributed by atoms with Crippen LogP contribution in [0.5, 0.6) is 0 Å². The van der Waals surface area contributed by atoms with Crippen LogP contribution in [0, 0.1) is 11.8 Å². The Morgan fingerprint density at radius 1 is 1.17 bits per heavy atom. The van der Waals surface area contributed by atoms with E-state index in [0.29, 0.717) is 11.8 Å². The first-order valence-corrected chi connectivity index (χ1v) is 6.93. The lowest BCUT2D eigenvalue weighted by atomic mass is 10.1. The third-order valence-corrected chi connectivity index (χ3v) is 2.83. The maximum atomic E-state index is 12.5. The van der Waals surface area contributed by atoms with Crippen LogP contribution >= 0.6 is 12.6 Å². The smallest absolute Gasteiger partial charge is 0.253 e. The largest absolute Gasteiger partial charge is 0.338 e. The summed E-state index contributed by atoms with van der Waals surface area (Å²) in [5.74, 6) is 1.06. The zero-order valence-electron chi connectivity index (χ0n) is 11.7. The first kappa shape index (κ1) is 15.1. The van der Waals surface area contributed by atoms with Crippen molar-refractivity contribution < 1.29 is 4.79 Å². The first-order chi connectivity index (χ1) is 8.40. The van der Waals surface area contributed by atoms with Crippen LogP contribution in [0.2, 0.25) is 0 Å². The lowest BCUT2D eigenvalue weighted by molar-refractivity contribution is 0.0715. The molecule has 1 rings (SSSR count). The van der Waals surface area contributed by atoms with Crippen LogP contribution in [0.1, 0.15) is 38.1 Å². The molecule has 1 aromatic carbocycles. The van der Waals surface area contributed by atoms with Gasteiger partial charge in [0.25, 0.3) is 5.91 Å². The Bertz CT molecular complexity index is 391. The van der Waals surface area contributed by atoms with Gasteiger partial charge >= 0.3 is 0 Å². The van der Waals surface area contributed by atoms with Gasteiger partial charge in [0.1, 0.15) is 0 Å². The number of carbonyl (C=O) groups excluding carboxylic acids is 1. The van der Waals surface area contributed by atoms with Gasteiger partial charge < -0.3 is 4.90 Å². The standard InChI is InChI=1S/C15H23NOS/c1-11(2)9-16(10-12(3)4)15(17)13-6-5-7-14(18)8-13/h5-8,11-12,18H,9-10H2,1-4H3. The summed E-state index contributed by atoms with van der Waals surface area (Å²) in [6, 6.07) is 7.45. The highest BCUT2D eigenvalue weighted by molar-refractivity contribution is 7.80. The molecular formula is C15H23NOS. The molecule has 2 nitrogen and oxygen atoms in total. The van der Waals surface area contributed by atoms with Crippen molar-refractivity contribution in [2.24, 2.45) is 11.8 Å². The normalized spacial score (nSPS) is 11.1. The van der Waals surface area contributed by atoms with E-state index in [1.54, 1.807) is 0 Å². The van der Waals surface area contributed by atoms with E-state index >= 15 is 0 Å². The van der Waals surface area contributed by atoms with Crippen molar-refractivity contribution in [1.82, 2.24) is 4.90 Å². The molecular weight excluding hydrogens is 242 g/mol. The maximum absolute atomic E-state index is 12.5. The number of thiol groups is 1. The zero-order chi connectivity index (χ0) is 13.7. The Kier molecular flexibility index (Phi) is 5.73. The molecule has 100 valence electrons. The molecule has 0 aliphatic rings. The zero-order valence-corrected chi connectivity index (χ0v) is 12.6. The fraction of sp³-hybridized carbons (Fsp3) is 0.533. The van der Waals surface area contributed by atoms with Crippen LogP contribution in [0.15, 0.2) is 29.2 Å². The Morgan fingerprint density at radius 2 is 1.72 bits per heavy atom. The second-order valence-corrected chi connectivity index (χ2v) is 6.06. The number of amides is 1. The molecule has 0 aromatic heterocycles. The number of carbonyl (C=O) groups is 1. The van der Waals surface area contributed by atoms with Crippen LogP contribution in [0.25, 0.3) is 0 Å². The number of hydrogen-bond donors (Lipinski definition) is 1. The van der Waals surface area contributed by atoms with Gasteiger partial charge in [-0.1, -0.05) is 33.8 Å². The van der Waals surface area contributed by atoms with Gasteiger partial charge in [0, 0.05) is 23.5 Å². The predicted octanol–water partition coefficient (Wildman–Crippen LogP) is 3.73. The number of nitrogens with zero attached hydrogens (tertiary/aromatic N) is 1. The topological polar surface area (TPSA) is 20.3 Å². The molecule has 0 bridgehead atoms. The molecule has 1 aromatic rings. The van der Waals surface area contributed by atoms with E-state index in [1.165, 1.54) is 0 Å². The molecule has 0 aliphatic carbocycles. The van der Waals surface area contributed by atoms with Crippen LogP contribution in [0.3, 0.4) is 0 Å². The third kappa shape index (κ3) is 4.73. The van der Waals surface area contributed by atoms with Crippen molar-refractivity contribution in [3.63, 3.8) is 0 Å². The van der Waals surface area contributed by atoms with Gasteiger partial charge in [-0.05, 0) is 30.0 Å². The van der Waals surface area contributed by atoms with Crippen LogP contribution in [-0.2, 0) is 0 Å². The molecule has 18 heavy (non-hydrogen) atoms. The monoisotopic (exact) mass is 265 g/mol. The van der Waals surface area contributed by atoms with Gasteiger partial charge in [0.2, 0.25) is 0 Å². The van der Waals surface area contributed by atoms with Crippen molar-refractivity contribution in [2.75, 3.05) is 13.1 Å². The summed E-state index contributed by atoms with van der Waals surface area (Å²) in [5.41, 5.74) is 0.726. The predicted molar refractivity (Wildman–Crippen MR) is 79.3 cm³/mol. The number of hydrogen-bond acceptors (Lipinski definition) is 2. The third-order valence-electron chi connectivity index (χ3n) is 2.55. The SMILES string of the molecule is CC(C)CN(CC(C)C)C(=O)c1cccc(S)c1. The lowest BCUT2D eigenvalue weighted by Gasteiger charge is -2.26. The minimum Gasteiger partial charge on any atom is -0.338 e. The lowest BCUT2D eigenvalue weighted by Crippen LogP contribution is -2.37. The van der Waals surface area contributed by atoms with Crippen LogP contribution < -0.4 is 0 Å². The van der Waals surface area contributed by atoms with E-state index in [0.717, 1.165) is 23.5 Å². The van der Waals surface area contributed by atoms with Crippen molar-refractivity contribution >= 4 is 18.5 Å². The molecule has 1 amide bonds. The first-order valence-electron chi connectivity index (χ1n) is 6.48. The summed E-state index contributed by atoms with van der Waals surface area (Å²) in [5, 5.41) is 0. The minimum absolute atomic E-state index is 0.105. The number of benzene rings is 1.